The average molecular weight is 350 g/mol. The molecule has 3 rings (SSSR count). The van der Waals surface area contributed by atoms with Gasteiger partial charge in [-0.2, -0.15) is 4.98 Å². The zero-order valence-electron chi connectivity index (χ0n) is 12.7. The van der Waals surface area contributed by atoms with Crippen LogP contribution in [0.25, 0.3) is 11.4 Å². The molecule has 5 heteroatoms. The van der Waals surface area contributed by atoms with E-state index in [4.69, 9.17) is 4.52 Å². The molecular weight excluding hydrogens is 330 g/mol. The molecule has 1 saturated heterocycles. The van der Waals surface area contributed by atoms with Crippen LogP contribution in [0.5, 0.6) is 0 Å². The molecule has 0 spiro atoms. The number of nitrogens with zero attached hydrogens (tertiary/aromatic N) is 2. The second-order valence-electron chi connectivity index (χ2n) is 6.19. The van der Waals surface area contributed by atoms with Gasteiger partial charge < -0.3 is 9.84 Å². The van der Waals surface area contributed by atoms with E-state index in [1.54, 1.807) is 0 Å². The lowest BCUT2D eigenvalue weighted by Gasteiger charge is -2.30. The summed E-state index contributed by atoms with van der Waals surface area (Å²) in [5.74, 6) is 1.42. The highest BCUT2D eigenvalue weighted by Gasteiger charge is 2.34. The Bertz CT molecular complexity index is 636. The van der Waals surface area contributed by atoms with Gasteiger partial charge in [-0.15, -0.1) is 0 Å². The molecule has 0 radical (unpaired) electrons. The zero-order chi connectivity index (χ0) is 15.0. The number of aryl methyl sites for hydroxylation is 2. The van der Waals surface area contributed by atoms with Gasteiger partial charge in [0.25, 0.3) is 0 Å². The maximum absolute atomic E-state index is 5.56. The summed E-state index contributed by atoms with van der Waals surface area (Å²) >= 11 is 3.59. The Morgan fingerprint density at radius 3 is 2.62 bits per heavy atom. The lowest BCUT2D eigenvalue weighted by Crippen LogP contribution is -2.41. The molecule has 112 valence electrons. The van der Waals surface area contributed by atoms with Gasteiger partial charge in [0.2, 0.25) is 11.7 Å². The van der Waals surface area contributed by atoms with Crippen molar-refractivity contribution in [2.24, 2.45) is 0 Å². The second kappa shape index (κ2) is 5.54. The van der Waals surface area contributed by atoms with Crippen molar-refractivity contribution in [3.8, 4) is 11.4 Å². The number of benzene rings is 1. The van der Waals surface area contributed by atoms with Gasteiger partial charge in [-0.05, 0) is 63.4 Å². The van der Waals surface area contributed by atoms with E-state index in [2.05, 4.69) is 64.3 Å². The van der Waals surface area contributed by atoms with E-state index >= 15 is 0 Å². The van der Waals surface area contributed by atoms with E-state index in [1.165, 1.54) is 11.1 Å². The topological polar surface area (TPSA) is 51.0 Å². The van der Waals surface area contributed by atoms with E-state index in [-0.39, 0.29) is 5.41 Å². The number of hydrogen-bond donors (Lipinski definition) is 1. The van der Waals surface area contributed by atoms with E-state index in [1.807, 2.05) is 0 Å². The normalized spacial score (nSPS) is 22.5. The van der Waals surface area contributed by atoms with E-state index in [0.29, 0.717) is 5.82 Å². The molecule has 1 aromatic carbocycles. The first-order valence-electron chi connectivity index (χ1n) is 7.32. The summed E-state index contributed by atoms with van der Waals surface area (Å²) in [6.45, 7) is 8.31. The molecule has 0 amide bonds. The third kappa shape index (κ3) is 2.77. The van der Waals surface area contributed by atoms with Crippen LogP contribution in [0.1, 0.15) is 36.8 Å². The van der Waals surface area contributed by atoms with Gasteiger partial charge in [-0.25, -0.2) is 0 Å². The average Bonchev–Trinajstić information content (AvgIpc) is 2.95. The van der Waals surface area contributed by atoms with Gasteiger partial charge >= 0.3 is 0 Å². The molecule has 0 aliphatic carbocycles. The highest BCUT2D eigenvalue weighted by molar-refractivity contribution is 9.10. The van der Waals surface area contributed by atoms with Crippen molar-refractivity contribution in [2.45, 2.75) is 39.0 Å². The monoisotopic (exact) mass is 349 g/mol. The van der Waals surface area contributed by atoms with Crippen LogP contribution in [0, 0.1) is 13.8 Å². The summed E-state index contributed by atoms with van der Waals surface area (Å²) in [4.78, 5) is 4.65. The number of hydrogen-bond acceptors (Lipinski definition) is 4. The predicted octanol–water partition coefficient (Wildman–Crippen LogP) is 3.76. The molecule has 1 atom stereocenters. The predicted molar refractivity (Wildman–Crippen MR) is 86.4 cm³/mol. The second-order valence-corrected chi connectivity index (χ2v) is 6.98. The van der Waals surface area contributed by atoms with Crippen molar-refractivity contribution in [1.82, 2.24) is 15.5 Å². The lowest BCUT2D eigenvalue weighted by molar-refractivity contribution is 0.245. The number of rotatable bonds is 2. The van der Waals surface area contributed by atoms with Crippen molar-refractivity contribution in [3.05, 3.63) is 33.6 Å². The van der Waals surface area contributed by atoms with Crippen LogP contribution in [0.3, 0.4) is 0 Å². The third-order valence-corrected chi connectivity index (χ3v) is 5.49. The molecule has 2 aromatic rings. The summed E-state index contributed by atoms with van der Waals surface area (Å²) in [6, 6.07) is 4.18. The van der Waals surface area contributed by atoms with E-state index in [0.717, 1.165) is 41.9 Å². The Kier molecular flexibility index (Phi) is 3.88. The largest absolute Gasteiger partial charge is 0.338 e. The van der Waals surface area contributed by atoms with Crippen LogP contribution in [-0.4, -0.2) is 23.2 Å². The summed E-state index contributed by atoms with van der Waals surface area (Å²) in [6.07, 6.45) is 2.23. The van der Waals surface area contributed by atoms with Crippen LogP contribution < -0.4 is 5.32 Å². The van der Waals surface area contributed by atoms with Gasteiger partial charge in [0.05, 0.1) is 5.41 Å². The molecule has 1 aliphatic heterocycles. The standard InChI is InChI=1S/C16H20BrN3O/c1-10-7-12(8-11(2)13(10)17)14-19-15(21-20-14)16(3)5-4-6-18-9-16/h7-8,18H,4-6,9H2,1-3H3. The van der Waals surface area contributed by atoms with Crippen molar-refractivity contribution < 1.29 is 4.52 Å². The number of piperidine rings is 1. The summed E-state index contributed by atoms with van der Waals surface area (Å²) < 4.78 is 6.70. The smallest absolute Gasteiger partial charge is 0.234 e. The molecule has 0 bridgehead atoms. The summed E-state index contributed by atoms with van der Waals surface area (Å²) in [5, 5.41) is 7.60. The molecule has 1 fully saturated rings. The van der Waals surface area contributed by atoms with Crippen molar-refractivity contribution >= 4 is 15.9 Å². The van der Waals surface area contributed by atoms with E-state index < -0.39 is 0 Å². The number of aromatic nitrogens is 2. The van der Waals surface area contributed by atoms with Crippen molar-refractivity contribution in [1.29, 1.82) is 0 Å². The quantitative estimate of drug-likeness (QED) is 0.896. The molecule has 21 heavy (non-hydrogen) atoms. The van der Waals surface area contributed by atoms with Gasteiger partial charge in [-0.3, -0.25) is 0 Å². The minimum Gasteiger partial charge on any atom is -0.338 e. The van der Waals surface area contributed by atoms with Crippen LogP contribution >= 0.6 is 15.9 Å². The van der Waals surface area contributed by atoms with Gasteiger partial charge in [-0.1, -0.05) is 21.1 Å². The zero-order valence-corrected chi connectivity index (χ0v) is 14.2. The Labute approximate surface area is 133 Å². The first-order valence-corrected chi connectivity index (χ1v) is 8.11. The third-order valence-electron chi connectivity index (χ3n) is 4.23. The summed E-state index contributed by atoms with van der Waals surface area (Å²) in [5.41, 5.74) is 3.32. The van der Waals surface area contributed by atoms with Gasteiger partial charge in [0.15, 0.2) is 0 Å². The fourth-order valence-corrected chi connectivity index (χ4v) is 3.13. The first kappa shape index (κ1) is 14.7. The Morgan fingerprint density at radius 2 is 2.00 bits per heavy atom. The first-order chi connectivity index (χ1) is 9.99. The van der Waals surface area contributed by atoms with Crippen LogP contribution in [0.2, 0.25) is 0 Å². The molecule has 4 nitrogen and oxygen atoms in total. The Morgan fingerprint density at radius 1 is 1.29 bits per heavy atom. The Balaban J connectivity index is 1.95. The maximum atomic E-state index is 5.56. The fraction of sp³-hybridized carbons (Fsp3) is 0.500. The van der Waals surface area contributed by atoms with Crippen LogP contribution in [-0.2, 0) is 5.41 Å². The number of halogens is 1. The minimum absolute atomic E-state index is 0.0526. The van der Waals surface area contributed by atoms with E-state index in [9.17, 15) is 0 Å². The SMILES string of the molecule is Cc1cc(-c2noc(C3(C)CCCNC3)n2)cc(C)c1Br. The highest BCUT2D eigenvalue weighted by atomic mass is 79.9. The molecule has 0 saturated carbocycles. The summed E-state index contributed by atoms with van der Waals surface area (Å²) in [7, 11) is 0. The Hall–Kier alpha value is -1.20. The molecular formula is C16H20BrN3O. The van der Waals surface area contributed by atoms with Gasteiger partial charge in [0, 0.05) is 16.6 Å². The van der Waals surface area contributed by atoms with Crippen LogP contribution in [0.15, 0.2) is 21.1 Å². The number of nitrogens with one attached hydrogen (secondary N) is 1. The minimum atomic E-state index is -0.0526. The fourth-order valence-electron chi connectivity index (χ4n) is 2.90. The van der Waals surface area contributed by atoms with Crippen molar-refractivity contribution in [2.75, 3.05) is 13.1 Å². The molecule has 1 unspecified atom stereocenters. The van der Waals surface area contributed by atoms with Gasteiger partial charge in [0.1, 0.15) is 0 Å². The molecule has 2 heterocycles. The maximum Gasteiger partial charge on any atom is 0.234 e. The van der Waals surface area contributed by atoms with Crippen molar-refractivity contribution in [3.63, 3.8) is 0 Å². The molecule has 1 aliphatic rings. The highest BCUT2D eigenvalue weighted by Crippen LogP contribution is 2.32. The lowest BCUT2D eigenvalue weighted by atomic mass is 9.83. The molecule has 1 N–H and O–H groups in total. The van der Waals surface area contributed by atoms with Crippen LogP contribution in [0.4, 0.5) is 0 Å². The molecule has 1 aromatic heterocycles.